The van der Waals surface area contributed by atoms with Crippen molar-refractivity contribution in [2.75, 3.05) is 5.33 Å². The maximum Gasteiger partial charge on any atom is 0.179 e. The minimum Gasteiger partial charge on any atom is -0.624 e. The van der Waals surface area contributed by atoms with Gasteiger partial charge in [-0.2, -0.15) is 0 Å². The van der Waals surface area contributed by atoms with Gasteiger partial charge in [0.15, 0.2) is 12.3 Å². The Morgan fingerprint density at radius 1 is 1.36 bits per heavy atom. The van der Waals surface area contributed by atoms with Gasteiger partial charge in [0.1, 0.15) is 0 Å². The van der Waals surface area contributed by atoms with E-state index in [1.54, 1.807) is 6.21 Å². The second kappa shape index (κ2) is 4.13. The number of benzene rings is 1. The summed E-state index contributed by atoms with van der Waals surface area (Å²) in [6.07, 6.45) is 2.59. The molecular formula is C11H12BrNO. The second-order valence-electron chi connectivity index (χ2n) is 3.52. The molecule has 14 heavy (non-hydrogen) atoms. The van der Waals surface area contributed by atoms with Crippen LogP contribution in [0.2, 0.25) is 0 Å². The first-order valence-corrected chi connectivity index (χ1v) is 5.85. The molecule has 0 radical (unpaired) electrons. The Morgan fingerprint density at radius 2 is 2.07 bits per heavy atom. The summed E-state index contributed by atoms with van der Waals surface area (Å²) in [6, 6.07) is 10.3. The van der Waals surface area contributed by atoms with Gasteiger partial charge in [-0.3, -0.25) is 0 Å². The average Bonchev–Trinajstić information content (AvgIpc) is 2.61. The minimum absolute atomic E-state index is 0.0531. The normalized spacial score (nSPS) is 26.2. The van der Waals surface area contributed by atoms with E-state index in [9.17, 15) is 5.21 Å². The summed E-state index contributed by atoms with van der Waals surface area (Å²) < 4.78 is 1.08. The maximum atomic E-state index is 11.4. The molecule has 2 rings (SSSR count). The highest BCUT2D eigenvalue weighted by atomic mass is 79.9. The fourth-order valence-electron chi connectivity index (χ4n) is 1.92. The molecule has 0 aromatic heterocycles. The number of alkyl halides is 1. The molecule has 0 saturated heterocycles. The first-order valence-electron chi connectivity index (χ1n) is 4.72. The van der Waals surface area contributed by atoms with Crippen LogP contribution >= 0.6 is 15.9 Å². The molecule has 0 bridgehead atoms. The van der Waals surface area contributed by atoms with Gasteiger partial charge < -0.3 is 5.21 Å². The monoisotopic (exact) mass is 253 g/mol. The zero-order valence-electron chi connectivity index (χ0n) is 7.77. The molecule has 3 heteroatoms. The van der Waals surface area contributed by atoms with E-state index in [0.29, 0.717) is 5.92 Å². The Labute approximate surface area is 92.0 Å². The summed E-state index contributed by atoms with van der Waals surface area (Å²) in [7, 11) is 0. The van der Waals surface area contributed by atoms with E-state index in [1.165, 1.54) is 5.56 Å². The number of rotatable bonds is 2. The van der Waals surface area contributed by atoms with E-state index in [1.807, 2.05) is 18.2 Å². The molecule has 1 aliphatic rings. The number of hydrogen-bond donors (Lipinski definition) is 0. The van der Waals surface area contributed by atoms with Crippen LogP contribution in [0.5, 0.6) is 0 Å². The van der Waals surface area contributed by atoms with Gasteiger partial charge in [-0.15, -0.1) is 0 Å². The summed E-state index contributed by atoms with van der Waals surface area (Å²) >= 11 is 3.39. The standard InChI is InChI=1S/C11H12BrNO/c12-8-11-10(6-7-13(11)14)9-4-2-1-3-5-9/h1-5,7,10-11H,6,8H2/t10-,11-/m0/s1. The van der Waals surface area contributed by atoms with Crippen LogP contribution in [-0.2, 0) is 0 Å². The topological polar surface area (TPSA) is 26.1 Å². The molecule has 0 saturated carbocycles. The van der Waals surface area contributed by atoms with Crippen molar-refractivity contribution in [1.29, 1.82) is 0 Å². The second-order valence-corrected chi connectivity index (χ2v) is 4.16. The molecule has 0 aliphatic carbocycles. The van der Waals surface area contributed by atoms with Crippen LogP contribution in [0, 0.1) is 5.21 Å². The molecule has 1 aromatic carbocycles. The fraction of sp³-hybridized carbons (Fsp3) is 0.364. The Kier molecular flexibility index (Phi) is 2.87. The van der Waals surface area contributed by atoms with Crippen molar-refractivity contribution in [3.8, 4) is 0 Å². The molecule has 2 atom stereocenters. The number of halogens is 1. The van der Waals surface area contributed by atoms with Crippen LogP contribution in [0.3, 0.4) is 0 Å². The van der Waals surface area contributed by atoms with Crippen molar-refractivity contribution >= 4 is 22.1 Å². The van der Waals surface area contributed by atoms with Crippen LogP contribution in [0.15, 0.2) is 30.3 Å². The van der Waals surface area contributed by atoms with Crippen molar-refractivity contribution in [1.82, 2.24) is 0 Å². The molecule has 1 heterocycles. The van der Waals surface area contributed by atoms with Gasteiger partial charge in [-0.1, -0.05) is 46.3 Å². The maximum absolute atomic E-state index is 11.4. The lowest BCUT2D eigenvalue weighted by Crippen LogP contribution is -2.24. The lowest BCUT2D eigenvalue weighted by molar-refractivity contribution is -0.484. The van der Waals surface area contributed by atoms with Gasteiger partial charge in [0.05, 0.1) is 11.2 Å². The summed E-state index contributed by atoms with van der Waals surface area (Å²) in [6.45, 7) is 0. The molecule has 0 spiro atoms. The van der Waals surface area contributed by atoms with Crippen LogP contribution in [-0.4, -0.2) is 22.3 Å². The first kappa shape index (κ1) is 9.71. The molecule has 0 N–H and O–H groups in total. The SMILES string of the molecule is [O-][N+]1=CC[C@@H](c2ccccc2)[C@@H]1CBr. The molecule has 2 nitrogen and oxygen atoms in total. The fourth-order valence-corrected chi connectivity index (χ4v) is 2.66. The largest absolute Gasteiger partial charge is 0.624 e. The highest BCUT2D eigenvalue weighted by molar-refractivity contribution is 9.09. The Bertz CT molecular complexity index is 336. The summed E-state index contributed by atoms with van der Waals surface area (Å²) in [4.78, 5) is 0. The van der Waals surface area contributed by atoms with Crippen molar-refractivity contribution in [2.24, 2.45) is 0 Å². The van der Waals surface area contributed by atoms with E-state index in [4.69, 9.17) is 0 Å². The third kappa shape index (κ3) is 1.69. The van der Waals surface area contributed by atoms with Crippen LogP contribution < -0.4 is 0 Å². The van der Waals surface area contributed by atoms with Gasteiger partial charge in [0, 0.05) is 6.42 Å². The Morgan fingerprint density at radius 3 is 2.71 bits per heavy atom. The van der Waals surface area contributed by atoms with Crippen molar-refractivity contribution in [3.63, 3.8) is 0 Å². The molecule has 0 unspecified atom stereocenters. The number of hydrogen-bond acceptors (Lipinski definition) is 1. The average molecular weight is 254 g/mol. The molecule has 1 aliphatic heterocycles. The summed E-state index contributed by atoms with van der Waals surface area (Å²) in [5, 5.41) is 12.1. The van der Waals surface area contributed by atoms with Crippen LogP contribution in [0.1, 0.15) is 17.9 Å². The Hall–Kier alpha value is -0.830. The van der Waals surface area contributed by atoms with Gasteiger partial charge in [0.25, 0.3) is 0 Å². The number of nitrogens with zero attached hydrogens (tertiary/aromatic N) is 1. The van der Waals surface area contributed by atoms with E-state index in [0.717, 1.165) is 16.5 Å². The smallest absolute Gasteiger partial charge is 0.179 e. The lowest BCUT2D eigenvalue weighted by atomic mass is 9.92. The van der Waals surface area contributed by atoms with E-state index < -0.39 is 0 Å². The zero-order chi connectivity index (χ0) is 9.97. The van der Waals surface area contributed by atoms with Gasteiger partial charge in [0.2, 0.25) is 0 Å². The predicted molar refractivity (Wildman–Crippen MR) is 61.1 cm³/mol. The highest BCUT2D eigenvalue weighted by Gasteiger charge is 2.33. The molecule has 74 valence electrons. The zero-order valence-corrected chi connectivity index (χ0v) is 9.35. The molecular weight excluding hydrogens is 242 g/mol. The Balaban J connectivity index is 2.22. The third-order valence-electron chi connectivity index (χ3n) is 2.72. The third-order valence-corrected chi connectivity index (χ3v) is 3.38. The summed E-state index contributed by atoms with van der Waals surface area (Å²) in [5.74, 6) is 0.341. The quantitative estimate of drug-likeness (QED) is 0.452. The van der Waals surface area contributed by atoms with Gasteiger partial charge in [-0.05, 0) is 5.56 Å². The lowest BCUT2D eigenvalue weighted by Gasteiger charge is -2.16. The van der Waals surface area contributed by atoms with E-state index in [-0.39, 0.29) is 6.04 Å². The van der Waals surface area contributed by atoms with Crippen molar-refractivity contribution in [3.05, 3.63) is 41.1 Å². The van der Waals surface area contributed by atoms with Crippen LogP contribution in [0.4, 0.5) is 0 Å². The molecule has 1 aromatic rings. The van der Waals surface area contributed by atoms with Crippen LogP contribution in [0.25, 0.3) is 0 Å². The number of hydroxylamine groups is 1. The van der Waals surface area contributed by atoms with Gasteiger partial charge in [-0.25, -0.2) is 4.74 Å². The van der Waals surface area contributed by atoms with Crippen molar-refractivity contribution < 1.29 is 4.74 Å². The predicted octanol–water partition coefficient (Wildman–Crippen LogP) is 2.52. The van der Waals surface area contributed by atoms with E-state index in [2.05, 4.69) is 28.1 Å². The first-order chi connectivity index (χ1) is 6.83. The molecule has 0 fully saturated rings. The summed E-state index contributed by atoms with van der Waals surface area (Å²) in [5.41, 5.74) is 1.26. The van der Waals surface area contributed by atoms with E-state index >= 15 is 0 Å². The van der Waals surface area contributed by atoms with Gasteiger partial charge >= 0.3 is 0 Å². The highest BCUT2D eigenvalue weighted by Crippen LogP contribution is 2.29. The molecule has 0 amide bonds. The van der Waals surface area contributed by atoms with Crippen molar-refractivity contribution in [2.45, 2.75) is 18.4 Å². The minimum atomic E-state index is 0.0531.